The van der Waals surface area contributed by atoms with Crippen molar-refractivity contribution < 1.29 is 14.0 Å². The van der Waals surface area contributed by atoms with Crippen molar-refractivity contribution >= 4 is 23.4 Å². The lowest BCUT2D eigenvalue weighted by Crippen LogP contribution is -2.48. The van der Waals surface area contributed by atoms with Crippen LogP contribution in [0.5, 0.6) is 0 Å². The van der Waals surface area contributed by atoms with Crippen LogP contribution in [-0.4, -0.2) is 35.8 Å². The molecule has 154 valence electrons. The molecule has 0 atom stereocenters. The number of likely N-dealkylation sites (tertiary alicyclic amines) is 1. The van der Waals surface area contributed by atoms with E-state index in [2.05, 4.69) is 5.32 Å². The maximum Gasteiger partial charge on any atom is 0.287 e. The van der Waals surface area contributed by atoms with Crippen molar-refractivity contribution in [3.63, 3.8) is 0 Å². The number of carbonyl (C=O) groups is 2. The van der Waals surface area contributed by atoms with Crippen LogP contribution in [0.1, 0.15) is 55.5 Å². The minimum atomic E-state index is -0.222. The number of piperidine rings is 1. The van der Waals surface area contributed by atoms with Gasteiger partial charge in [0.2, 0.25) is 5.91 Å². The predicted octanol–water partition coefficient (Wildman–Crippen LogP) is 4.90. The van der Waals surface area contributed by atoms with Gasteiger partial charge in [0.25, 0.3) is 5.91 Å². The van der Waals surface area contributed by atoms with Crippen molar-refractivity contribution in [1.29, 1.82) is 0 Å². The van der Waals surface area contributed by atoms with Gasteiger partial charge < -0.3 is 14.6 Å². The first-order valence-electron chi connectivity index (χ1n) is 10.6. The van der Waals surface area contributed by atoms with Gasteiger partial charge >= 0.3 is 0 Å². The van der Waals surface area contributed by atoms with E-state index in [1.165, 1.54) is 19.3 Å². The molecule has 29 heavy (non-hydrogen) atoms. The minimum Gasteiger partial charge on any atom is -0.451 e. The van der Waals surface area contributed by atoms with Crippen LogP contribution in [-0.2, 0) is 4.79 Å². The molecule has 0 spiro atoms. The van der Waals surface area contributed by atoms with E-state index in [1.807, 2.05) is 23.1 Å². The van der Waals surface area contributed by atoms with Crippen LogP contribution in [0.15, 0.2) is 40.8 Å². The molecule has 1 aromatic heterocycles. The molecule has 1 aliphatic heterocycles. The summed E-state index contributed by atoms with van der Waals surface area (Å²) in [7, 11) is 0. The summed E-state index contributed by atoms with van der Waals surface area (Å²) in [6, 6.07) is 10.9. The molecule has 1 N–H and O–H groups in total. The Bertz CT molecular complexity index is 865. The van der Waals surface area contributed by atoms with Crippen LogP contribution in [0.2, 0.25) is 5.02 Å². The van der Waals surface area contributed by atoms with Crippen molar-refractivity contribution in [1.82, 2.24) is 10.2 Å². The van der Waals surface area contributed by atoms with E-state index < -0.39 is 0 Å². The normalized spacial score (nSPS) is 18.6. The number of nitrogens with zero attached hydrogens (tertiary/aromatic N) is 1. The third kappa shape index (κ3) is 4.67. The number of benzene rings is 1. The predicted molar refractivity (Wildman–Crippen MR) is 113 cm³/mol. The smallest absolute Gasteiger partial charge is 0.287 e. The van der Waals surface area contributed by atoms with Gasteiger partial charge in [-0.1, -0.05) is 43.0 Å². The lowest BCUT2D eigenvalue weighted by atomic mass is 9.87. The fraction of sp³-hybridized carbons (Fsp3) is 0.478. The number of furan rings is 1. The van der Waals surface area contributed by atoms with Crippen molar-refractivity contribution in [2.45, 2.75) is 51.0 Å². The van der Waals surface area contributed by atoms with Crippen LogP contribution in [0.4, 0.5) is 0 Å². The highest BCUT2D eigenvalue weighted by molar-refractivity contribution is 6.33. The lowest BCUT2D eigenvalue weighted by Gasteiger charge is -2.35. The molecule has 2 aliphatic rings. The number of rotatable bonds is 4. The summed E-state index contributed by atoms with van der Waals surface area (Å²) in [5.74, 6) is 1.15. The quantitative estimate of drug-likeness (QED) is 0.773. The van der Waals surface area contributed by atoms with E-state index in [-0.39, 0.29) is 23.6 Å². The van der Waals surface area contributed by atoms with Crippen LogP contribution in [0, 0.1) is 5.92 Å². The molecule has 2 amide bonds. The Balaban J connectivity index is 1.30. The summed E-state index contributed by atoms with van der Waals surface area (Å²) >= 11 is 6.21. The summed E-state index contributed by atoms with van der Waals surface area (Å²) in [6.07, 6.45) is 7.21. The zero-order chi connectivity index (χ0) is 20.2. The number of nitrogens with one attached hydrogen (secondary N) is 1. The first-order valence-corrected chi connectivity index (χ1v) is 10.9. The highest BCUT2D eigenvalue weighted by Gasteiger charge is 2.30. The highest BCUT2D eigenvalue weighted by atomic mass is 35.5. The molecule has 1 saturated heterocycles. The Kier molecular flexibility index (Phi) is 6.24. The summed E-state index contributed by atoms with van der Waals surface area (Å²) in [5, 5.41) is 3.64. The van der Waals surface area contributed by atoms with Crippen molar-refractivity contribution in [3.05, 3.63) is 47.2 Å². The fourth-order valence-corrected chi connectivity index (χ4v) is 4.60. The molecule has 1 aliphatic carbocycles. The van der Waals surface area contributed by atoms with Gasteiger partial charge in [0.1, 0.15) is 5.76 Å². The van der Waals surface area contributed by atoms with E-state index in [9.17, 15) is 9.59 Å². The molecule has 4 rings (SSSR count). The number of hydrogen-bond donors (Lipinski definition) is 1. The van der Waals surface area contributed by atoms with Gasteiger partial charge in [-0.3, -0.25) is 9.59 Å². The third-order valence-corrected chi connectivity index (χ3v) is 6.39. The molecule has 5 nitrogen and oxygen atoms in total. The second-order valence-corrected chi connectivity index (χ2v) is 8.46. The first kappa shape index (κ1) is 20.0. The maximum absolute atomic E-state index is 12.7. The number of halogens is 1. The highest BCUT2D eigenvalue weighted by Crippen LogP contribution is 2.29. The van der Waals surface area contributed by atoms with E-state index in [0.717, 1.165) is 31.2 Å². The average Bonchev–Trinajstić information content (AvgIpc) is 3.25. The summed E-state index contributed by atoms with van der Waals surface area (Å²) in [4.78, 5) is 27.3. The van der Waals surface area contributed by atoms with E-state index in [1.54, 1.807) is 18.2 Å². The average molecular weight is 415 g/mol. The Labute approximate surface area is 176 Å². The number of hydrogen-bond acceptors (Lipinski definition) is 3. The van der Waals surface area contributed by atoms with Crippen LogP contribution < -0.4 is 5.32 Å². The Morgan fingerprint density at radius 2 is 1.69 bits per heavy atom. The van der Waals surface area contributed by atoms with Crippen LogP contribution >= 0.6 is 11.6 Å². The third-order valence-electron chi connectivity index (χ3n) is 6.07. The SMILES string of the molecule is O=C(NC1CCN(C(=O)C2CCCCC2)CC1)c1ccc(-c2ccccc2Cl)o1. The van der Waals surface area contributed by atoms with Crippen molar-refractivity contribution in [2.75, 3.05) is 13.1 Å². The zero-order valence-corrected chi connectivity index (χ0v) is 17.3. The maximum atomic E-state index is 12.7. The van der Waals surface area contributed by atoms with Gasteiger partial charge in [0, 0.05) is 30.6 Å². The molecule has 0 unspecified atom stereocenters. The largest absolute Gasteiger partial charge is 0.451 e. The summed E-state index contributed by atoms with van der Waals surface area (Å²) in [6.45, 7) is 1.42. The van der Waals surface area contributed by atoms with Gasteiger partial charge in [0.05, 0.1) is 5.02 Å². The summed E-state index contributed by atoms with van der Waals surface area (Å²) in [5.41, 5.74) is 0.766. The van der Waals surface area contributed by atoms with Gasteiger partial charge in [-0.05, 0) is 49.9 Å². The molecule has 2 fully saturated rings. The topological polar surface area (TPSA) is 62.6 Å². The standard InChI is InChI=1S/C23H27ClN2O3/c24-19-9-5-4-8-18(19)20-10-11-21(29-20)22(27)25-17-12-14-26(15-13-17)23(28)16-6-2-1-3-7-16/h4-5,8-11,16-17H,1-3,6-7,12-15H2,(H,25,27). The van der Waals surface area contributed by atoms with Gasteiger partial charge in [-0.25, -0.2) is 0 Å². The fourth-order valence-electron chi connectivity index (χ4n) is 4.37. The zero-order valence-electron chi connectivity index (χ0n) is 16.5. The van der Waals surface area contributed by atoms with Gasteiger partial charge in [-0.2, -0.15) is 0 Å². The molecule has 0 radical (unpaired) electrons. The second kappa shape index (κ2) is 9.04. The molecule has 1 saturated carbocycles. The Morgan fingerprint density at radius 1 is 0.966 bits per heavy atom. The molecular weight excluding hydrogens is 388 g/mol. The first-order chi connectivity index (χ1) is 14.1. The van der Waals surface area contributed by atoms with Gasteiger partial charge in [-0.15, -0.1) is 0 Å². The molecule has 6 heteroatoms. The van der Waals surface area contributed by atoms with Crippen LogP contribution in [0.25, 0.3) is 11.3 Å². The van der Waals surface area contributed by atoms with Crippen LogP contribution in [0.3, 0.4) is 0 Å². The molecule has 2 heterocycles. The Hall–Kier alpha value is -2.27. The minimum absolute atomic E-state index is 0.0618. The Morgan fingerprint density at radius 3 is 2.41 bits per heavy atom. The molecule has 0 bridgehead atoms. The molecule has 2 aromatic rings. The van der Waals surface area contributed by atoms with Gasteiger partial charge in [0.15, 0.2) is 5.76 Å². The molecule has 1 aromatic carbocycles. The van der Waals surface area contributed by atoms with E-state index in [0.29, 0.717) is 29.8 Å². The molecular formula is C23H27ClN2O3. The number of amides is 2. The monoisotopic (exact) mass is 414 g/mol. The number of carbonyl (C=O) groups excluding carboxylic acids is 2. The lowest BCUT2D eigenvalue weighted by molar-refractivity contribution is -0.137. The van der Waals surface area contributed by atoms with Crippen molar-refractivity contribution in [2.24, 2.45) is 5.92 Å². The second-order valence-electron chi connectivity index (χ2n) is 8.05. The van der Waals surface area contributed by atoms with E-state index in [4.69, 9.17) is 16.0 Å². The summed E-state index contributed by atoms with van der Waals surface area (Å²) < 4.78 is 5.73. The van der Waals surface area contributed by atoms with E-state index >= 15 is 0 Å². The van der Waals surface area contributed by atoms with Crippen molar-refractivity contribution in [3.8, 4) is 11.3 Å².